The molecule has 0 aliphatic carbocycles. The maximum absolute atomic E-state index is 9.28. The Hall–Kier alpha value is -1.88. The van der Waals surface area contributed by atoms with E-state index in [9.17, 15) is 5.11 Å². The Bertz CT molecular complexity index is 614. The summed E-state index contributed by atoms with van der Waals surface area (Å²) in [4.78, 5) is 0. The molecule has 2 N–H and O–H groups in total. The van der Waals surface area contributed by atoms with Crippen LogP contribution in [0.4, 0.5) is 5.69 Å². The minimum absolute atomic E-state index is 0.257. The lowest BCUT2D eigenvalue weighted by Gasteiger charge is -2.14. The van der Waals surface area contributed by atoms with E-state index < -0.39 is 0 Å². The van der Waals surface area contributed by atoms with Gasteiger partial charge in [0.1, 0.15) is 5.75 Å². The van der Waals surface area contributed by atoms with Gasteiger partial charge in [-0.25, -0.2) is 0 Å². The van der Waals surface area contributed by atoms with Crippen molar-refractivity contribution in [2.24, 2.45) is 0 Å². The van der Waals surface area contributed by atoms with Crippen LogP contribution in [0.5, 0.6) is 17.2 Å². The summed E-state index contributed by atoms with van der Waals surface area (Å²) in [6.07, 6.45) is 0.944. The lowest BCUT2D eigenvalue weighted by Crippen LogP contribution is -2.03. The monoisotopic (exact) mass is 365 g/mol. The van der Waals surface area contributed by atoms with Crippen molar-refractivity contribution >= 4 is 21.6 Å². The lowest BCUT2D eigenvalue weighted by atomic mass is 10.2. The van der Waals surface area contributed by atoms with Crippen LogP contribution in [0.3, 0.4) is 0 Å². The number of hydrogen-bond acceptors (Lipinski definition) is 4. The number of nitrogens with one attached hydrogen (secondary N) is 1. The minimum Gasteiger partial charge on any atom is -0.508 e. The highest BCUT2D eigenvalue weighted by molar-refractivity contribution is 9.10. The summed E-state index contributed by atoms with van der Waals surface area (Å²) in [5.41, 5.74) is 2.01. The lowest BCUT2D eigenvalue weighted by molar-refractivity contribution is 0.292. The van der Waals surface area contributed by atoms with Gasteiger partial charge < -0.3 is 19.9 Å². The number of phenolic OH excluding ortho intramolecular Hbond substituents is 1. The SMILES string of the molecule is CCCOc1c(Br)cc(CNc2ccc(O)cc2)cc1OC. The summed E-state index contributed by atoms with van der Waals surface area (Å²) in [5.74, 6) is 1.70. The number of aromatic hydroxyl groups is 1. The molecule has 0 unspecified atom stereocenters. The molecule has 2 rings (SSSR count). The van der Waals surface area contributed by atoms with E-state index in [4.69, 9.17) is 9.47 Å². The molecular formula is C17H20BrNO3. The Morgan fingerprint density at radius 3 is 2.55 bits per heavy atom. The van der Waals surface area contributed by atoms with Gasteiger partial charge in [-0.15, -0.1) is 0 Å². The number of hydrogen-bond donors (Lipinski definition) is 2. The zero-order chi connectivity index (χ0) is 15.9. The second-order valence-electron chi connectivity index (χ2n) is 4.86. The molecule has 0 fully saturated rings. The van der Waals surface area contributed by atoms with Crippen molar-refractivity contribution in [3.05, 3.63) is 46.4 Å². The van der Waals surface area contributed by atoms with Crippen LogP contribution in [0.2, 0.25) is 0 Å². The van der Waals surface area contributed by atoms with Crippen LogP contribution in [-0.2, 0) is 6.54 Å². The van der Waals surface area contributed by atoms with Gasteiger partial charge in [-0.3, -0.25) is 0 Å². The maximum Gasteiger partial charge on any atom is 0.175 e. The third kappa shape index (κ3) is 4.31. The molecule has 0 aliphatic rings. The number of rotatable bonds is 7. The molecule has 0 aromatic heterocycles. The first kappa shape index (κ1) is 16.5. The highest BCUT2D eigenvalue weighted by atomic mass is 79.9. The van der Waals surface area contributed by atoms with Crippen molar-refractivity contribution in [1.29, 1.82) is 0 Å². The van der Waals surface area contributed by atoms with Crippen LogP contribution < -0.4 is 14.8 Å². The van der Waals surface area contributed by atoms with E-state index in [0.29, 0.717) is 18.9 Å². The first-order valence-corrected chi connectivity index (χ1v) is 7.95. The number of anilines is 1. The van der Waals surface area contributed by atoms with Crippen molar-refractivity contribution in [3.63, 3.8) is 0 Å². The van der Waals surface area contributed by atoms with Crippen LogP contribution in [-0.4, -0.2) is 18.8 Å². The van der Waals surface area contributed by atoms with Gasteiger partial charge in [-0.2, -0.15) is 0 Å². The molecule has 118 valence electrons. The molecular weight excluding hydrogens is 346 g/mol. The molecule has 0 saturated heterocycles. The van der Waals surface area contributed by atoms with Gasteiger partial charge >= 0.3 is 0 Å². The fourth-order valence-electron chi connectivity index (χ4n) is 2.00. The molecule has 5 heteroatoms. The molecule has 0 radical (unpaired) electrons. The van der Waals surface area contributed by atoms with E-state index in [1.54, 1.807) is 19.2 Å². The van der Waals surface area contributed by atoms with Crippen molar-refractivity contribution in [2.45, 2.75) is 19.9 Å². The van der Waals surface area contributed by atoms with E-state index in [0.717, 1.165) is 27.9 Å². The molecule has 0 amide bonds. The van der Waals surface area contributed by atoms with Gasteiger partial charge in [0.05, 0.1) is 18.2 Å². The molecule has 4 nitrogen and oxygen atoms in total. The molecule has 2 aromatic carbocycles. The molecule has 0 spiro atoms. The van der Waals surface area contributed by atoms with Crippen LogP contribution in [0, 0.1) is 0 Å². The zero-order valence-electron chi connectivity index (χ0n) is 12.7. The van der Waals surface area contributed by atoms with Crippen molar-refractivity contribution in [3.8, 4) is 17.2 Å². The summed E-state index contributed by atoms with van der Waals surface area (Å²) in [6.45, 7) is 3.37. The number of benzene rings is 2. The van der Waals surface area contributed by atoms with Gasteiger partial charge in [0.2, 0.25) is 0 Å². The average molecular weight is 366 g/mol. The standard InChI is InChI=1S/C17H20BrNO3/c1-3-8-22-17-15(18)9-12(10-16(17)21-2)11-19-13-4-6-14(20)7-5-13/h4-7,9-10,19-20H,3,8,11H2,1-2H3. The number of methoxy groups -OCH3 is 1. The molecule has 0 aliphatic heterocycles. The Morgan fingerprint density at radius 1 is 1.18 bits per heavy atom. The number of phenols is 1. The zero-order valence-corrected chi connectivity index (χ0v) is 14.3. The summed E-state index contributed by atoms with van der Waals surface area (Å²) >= 11 is 3.54. The molecule has 0 heterocycles. The van der Waals surface area contributed by atoms with Gasteiger partial charge in [0.25, 0.3) is 0 Å². The van der Waals surface area contributed by atoms with Gasteiger partial charge in [-0.05, 0) is 64.3 Å². The summed E-state index contributed by atoms with van der Waals surface area (Å²) in [6, 6.07) is 11.0. The van der Waals surface area contributed by atoms with Crippen molar-refractivity contribution in [1.82, 2.24) is 0 Å². The number of ether oxygens (including phenoxy) is 2. The van der Waals surface area contributed by atoms with Gasteiger partial charge in [0, 0.05) is 12.2 Å². The number of halogens is 1. The highest BCUT2D eigenvalue weighted by Gasteiger charge is 2.11. The summed E-state index contributed by atoms with van der Waals surface area (Å²) < 4.78 is 12.0. The molecule has 2 aromatic rings. The highest BCUT2D eigenvalue weighted by Crippen LogP contribution is 2.37. The second kappa shape index (κ2) is 7.94. The normalized spacial score (nSPS) is 10.3. The Morgan fingerprint density at radius 2 is 1.91 bits per heavy atom. The van der Waals surface area contributed by atoms with Crippen LogP contribution in [0.25, 0.3) is 0 Å². The predicted molar refractivity (Wildman–Crippen MR) is 91.9 cm³/mol. The fraction of sp³-hybridized carbons (Fsp3) is 0.294. The summed E-state index contributed by atoms with van der Waals surface area (Å²) in [7, 11) is 1.64. The average Bonchev–Trinajstić information content (AvgIpc) is 2.53. The summed E-state index contributed by atoms with van der Waals surface area (Å²) in [5, 5.41) is 12.6. The largest absolute Gasteiger partial charge is 0.508 e. The third-order valence-electron chi connectivity index (χ3n) is 3.10. The Balaban J connectivity index is 2.11. The third-order valence-corrected chi connectivity index (χ3v) is 3.69. The topological polar surface area (TPSA) is 50.7 Å². The quantitative estimate of drug-likeness (QED) is 0.705. The van der Waals surface area contributed by atoms with Crippen LogP contribution in [0.15, 0.2) is 40.9 Å². The molecule has 0 bridgehead atoms. The van der Waals surface area contributed by atoms with E-state index in [1.807, 2.05) is 24.3 Å². The maximum atomic E-state index is 9.28. The molecule has 22 heavy (non-hydrogen) atoms. The van der Waals surface area contributed by atoms with Crippen LogP contribution in [0.1, 0.15) is 18.9 Å². The van der Waals surface area contributed by atoms with Crippen molar-refractivity contribution in [2.75, 3.05) is 19.0 Å². The predicted octanol–water partition coefficient (Wildman–Crippen LogP) is 4.56. The first-order chi connectivity index (χ1) is 10.6. The van der Waals surface area contributed by atoms with E-state index in [-0.39, 0.29) is 5.75 Å². The van der Waals surface area contributed by atoms with Gasteiger partial charge in [0.15, 0.2) is 11.5 Å². The van der Waals surface area contributed by atoms with Gasteiger partial charge in [-0.1, -0.05) is 6.92 Å². The van der Waals surface area contributed by atoms with E-state index in [2.05, 4.69) is 28.2 Å². The van der Waals surface area contributed by atoms with Crippen molar-refractivity contribution < 1.29 is 14.6 Å². The van der Waals surface area contributed by atoms with E-state index >= 15 is 0 Å². The Labute approximate surface area is 139 Å². The first-order valence-electron chi connectivity index (χ1n) is 7.16. The molecule has 0 atom stereocenters. The minimum atomic E-state index is 0.257. The van der Waals surface area contributed by atoms with E-state index in [1.165, 1.54) is 0 Å². The molecule has 0 saturated carbocycles. The van der Waals surface area contributed by atoms with Crippen LogP contribution >= 0.6 is 15.9 Å². The Kier molecular flexibility index (Phi) is 5.95. The second-order valence-corrected chi connectivity index (χ2v) is 5.71. The fourth-order valence-corrected chi connectivity index (χ4v) is 2.61. The smallest absolute Gasteiger partial charge is 0.175 e.